The first-order valence-corrected chi connectivity index (χ1v) is 6.32. The van der Waals surface area contributed by atoms with Crippen LogP contribution in [0.2, 0.25) is 0 Å². The van der Waals surface area contributed by atoms with Crippen LogP contribution in [0.4, 0.5) is 0 Å². The number of piperazine rings is 1. The Hall–Kier alpha value is -1.99. The van der Waals surface area contributed by atoms with Gasteiger partial charge in [0, 0.05) is 0 Å². The number of rotatable bonds is 4. The second-order valence-corrected chi connectivity index (χ2v) is 4.82. The highest BCUT2D eigenvalue weighted by molar-refractivity contribution is 5.94. The SMILES string of the molecule is CCC(C)C1NC(=O)CN(Cc2nnn(C)n2)C1=O. The monoisotopic (exact) mass is 266 g/mol. The van der Waals surface area contributed by atoms with Crippen LogP contribution in [-0.2, 0) is 23.2 Å². The fourth-order valence-electron chi connectivity index (χ4n) is 2.04. The van der Waals surface area contributed by atoms with Crippen LogP contribution in [0.25, 0.3) is 0 Å². The predicted molar refractivity (Wildman–Crippen MR) is 65.6 cm³/mol. The van der Waals surface area contributed by atoms with Crippen molar-refractivity contribution in [2.45, 2.75) is 32.9 Å². The van der Waals surface area contributed by atoms with Crippen LogP contribution in [0.3, 0.4) is 0 Å². The lowest BCUT2D eigenvalue weighted by molar-refractivity contribution is -0.146. The van der Waals surface area contributed by atoms with Crippen LogP contribution < -0.4 is 5.32 Å². The van der Waals surface area contributed by atoms with Gasteiger partial charge in [0.1, 0.15) is 12.6 Å². The van der Waals surface area contributed by atoms with E-state index in [2.05, 4.69) is 20.7 Å². The number of nitrogens with one attached hydrogen (secondary N) is 1. The van der Waals surface area contributed by atoms with E-state index in [-0.39, 0.29) is 30.8 Å². The summed E-state index contributed by atoms with van der Waals surface area (Å²) < 4.78 is 0. The fraction of sp³-hybridized carbons (Fsp3) is 0.727. The number of nitrogens with zero attached hydrogens (tertiary/aromatic N) is 5. The lowest BCUT2D eigenvalue weighted by Gasteiger charge is -2.34. The Morgan fingerprint density at radius 1 is 1.47 bits per heavy atom. The van der Waals surface area contributed by atoms with Crippen LogP contribution in [0.15, 0.2) is 0 Å². The van der Waals surface area contributed by atoms with E-state index in [0.29, 0.717) is 5.82 Å². The first kappa shape index (κ1) is 13.4. The van der Waals surface area contributed by atoms with Gasteiger partial charge in [-0.3, -0.25) is 9.59 Å². The van der Waals surface area contributed by atoms with Crippen molar-refractivity contribution in [3.05, 3.63) is 5.82 Å². The van der Waals surface area contributed by atoms with Crippen LogP contribution in [0.1, 0.15) is 26.1 Å². The van der Waals surface area contributed by atoms with Crippen molar-refractivity contribution in [2.24, 2.45) is 13.0 Å². The van der Waals surface area contributed by atoms with E-state index in [1.54, 1.807) is 7.05 Å². The zero-order valence-electron chi connectivity index (χ0n) is 11.3. The zero-order valence-corrected chi connectivity index (χ0v) is 11.3. The maximum absolute atomic E-state index is 12.3. The van der Waals surface area contributed by atoms with Crippen molar-refractivity contribution in [1.82, 2.24) is 30.4 Å². The van der Waals surface area contributed by atoms with Crippen molar-refractivity contribution in [3.8, 4) is 0 Å². The molecular weight excluding hydrogens is 248 g/mol. The predicted octanol–water partition coefficient (Wildman–Crippen LogP) is -0.917. The Morgan fingerprint density at radius 3 is 2.79 bits per heavy atom. The number of amides is 2. The van der Waals surface area contributed by atoms with E-state index < -0.39 is 6.04 Å². The average Bonchev–Trinajstić information content (AvgIpc) is 2.78. The molecule has 2 unspecified atom stereocenters. The minimum Gasteiger partial charge on any atom is -0.342 e. The number of hydrogen-bond acceptors (Lipinski definition) is 5. The van der Waals surface area contributed by atoms with Gasteiger partial charge in [0.25, 0.3) is 0 Å². The summed E-state index contributed by atoms with van der Waals surface area (Å²) in [5, 5.41) is 14.3. The smallest absolute Gasteiger partial charge is 0.246 e. The van der Waals surface area contributed by atoms with Crippen LogP contribution in [-0.4, -0.2) is 49.5 Å². The lowest BCUT2D eigenvalue weighted by atomic mass is 9.96. The summed E-state index contributed by atoms with van der Waals surface area (Å²) in [7, 11) is 1.66. The van der Waals surface area contributed by atoms with Gasteiger partial charge in [-0.1, -0.05) is 20.3 Å². The number of hydrogen-bond donors (Lipinski definition) is 1. The van der Waals surface area contributed by atoms with Gasteiger partial charge in [0.15, 0.2) is 5.82 Å². The molecule has 0 radical (unpaired) electrons. The summed E-state index contributed by atoms with van der Waals surface area (Å²) in [5.74, 6) is 0.317. The second kappa shape index (κ2) is 5.33. The van der Waals surface area contributed by atoms with Gasteiger partial charge in [-0.25, -0.2) is 0 Å². The summed E-state index contributed by atoms with van der Waals surface area (Å²) in [5.41, 5.74) is 0. The normalized spacial score (nSPS) is 21.4. The molecule has 1 N–H and O–H groups in total. The van der Waals surface area contributed by atoms with Crippen molar-refractivity contribution in [1.29, 1.82) is 0 Å². The zero-order chi connectivity index (χ0) is 14.0. The number of carbonyl (C=O) groups is 2. The molecule has 1 aliphatic rings. The highest BCUT2D eigenvalue weighted by Crippen LogP contribution is 2.15. The van der Waals surface area contributed by atoms with Gasteiger partial charge in [0.05, 0.1) is 13.6 Å². The molecule has 8 nitrogen and oxygen atoms in total. The van der Waals surface area contributed by atoms with E-state index in [9.17, 15) is 9.59 Å². The Balaban J connectivity index is 2.11. The molecule has 0 saturated carbocycles. The number of aromatic nitrogens is 4. The fourth-order valence-corrected chi connectivity index (χ4v) is 2.04. The van der Waals surface area contributed by atoms with E-state index in [1.165, 1.54) is 9.70 Å². The maximum atomic E-state index is 12.3. The number of carbonyl (C=O) groups excluding carboxylic acids is 2. The molecule has 1 aromatic rings. The molecule has 1 aliphatic heterocycles. The summed E-state index contributed by atoms with van der Waals surface area (Å²) >= 11 is 0. The topological polar surface area (TPSA) is 93.0 Å². The molecule has 19 heavy (non-hydrogen) atoms. The highest BCUT2D eigenvalue weighted by Gasteiger charge is 2.35. The van der Waals surface area contributed by atoms with Crippen LogP contribution in [0, 0.1) is 5.92 Å². The van der Waals surface area contributed by atoms with E-state index in [0.717, 1.165) is 6.42 Å². The van der Waals surface area contributed by atoms with E-state index >= 15 is 0 Å². The molecule has 0 aliphatic carbocycles. The summed E-state index contributed by atoms with van der Waals surface area (Å²) in [6.07, 6.45) is 0.827. The molecule has 1 saturated heterocycles. The Morgan fingerprint density at radius 2 is 2.21 bits per heavy atom. The van der Waals surface area contributed by atoms with Gasteiger partial charge < -0.3 is 10.2 Å². The Labute approximate surface area is 111 Å². The molecule has 2 amide bonds. The molecule has 8 heteroatoms. The minimum atomic E-state index is -0.456. The molecule has 2 rings (SSSR count). The van der Waals surface area contributed by atoms with Crippen molar-refractivity contribution < 1.29 is 9.59 Å². The molecule has 2 atom stereocenters. The third-order valence-electron chi connectivity index (χ3n) is 3.32. The second-order valence-electron chi connectivity index (χ2n) is 4.82. The molecular formula is C11H18N6O2. The van der Waals surface area contributed by atoms with Crippen molar-refractivity contribution in [2.75, 3.05) is 6.54 Å². The molecule has 0 bridgehead atoms. The van der Waals surface area contributed by atoms with Crippen LogP contribution >= 0.6 is 0 Å². The van der Waals surface area contributed by atoms with Gasteiger partial charge in [-0.15, -0.1) is 10.2 Å². The van der Waals surface area contributed by atoms with Gasteiger partial charge in [0.2, 0.25) is 11.8 Å². The molecule has 104 valence electrons. The first-order valence-electron chi connectivity index (χ1n) is 6.32. The molecule has 1 fully saturated rings. The average molecular weight is 266 g/mol. The Kier molecular flexibility index (Phi) is 3.77. The number of aryl methyl sites for hydroxylation is 1. The standard InChI is InChI=1S/C11H18N6O2/c1-4-7(2)10-11(19)17(6-9(18)12-10)5-8-13-15-16(3)14-8/h7,10H,4-6H2,1-3H3,(H,12,18). The lowest BCUT2D eigenvalue weighted by Crippen LogP contribution is -2.59. The Bertz CT molecular complexity index is 485. The molecule has 0 spiro atoms. The van der Waals surface area contributed by atoms with Gasteiger partial charge in [-0.05, 0) is 11.1 Å². The van der Waals surface area contributed by atoms with E-state index in [4.69, 9.17) is 0 Å². The summed E-state index contributed by atoms with van der Waals surface area (Å²) in [6, 6.07) is -0.456. The molecule has 1 aromatic heterocycles. The molecule has 0 aromatic carbocycles. The van der Waals surface area contributed by atoms with Crippen LogP contribution in [0.5, 0.6) is 0 Å². The molecule has 2 heterocycles. The minimum absolute atomic E-state index is 0.0457. The number of tetrazole rings is 1. The quantitative estimate of drug-likeness (QED) is 0.761. The third kappa shape index (κ3) is 2.88. The maximum Gasteiger partial charge on any atom is 0.246 e. The van der Waals surface area contributed by atoms with Gasteiger partial charge in [-0.2, -0.15) is 4.80 Å². The van der Waals surface area contributed by atoms with Gasteiger partial charge >= 0.3 is 0 Å². The summed E-state index contributed by atoms with van der Waals surface area (Å²) in [4.78, 5) is 26.8. The van der Waals surface area contributed by atoms with Crippen molar-refractivity contribution >= 4 is 11.8 Å². The van der Waals surface area contributed by atoms with Crippen molar-refractivity contribution in [3.63, 3.8) is 0 Å². The first-order chi connectivity index (χ1) is 9.01. The highest BCUT2D eigenvalue weighted by atomic mass is 16.2. The third-order valence-corrected chi connectivity index (χ3v) is 3.32. The van der Waals surface area contributed by atoms with E-state index in [1.807, 2.05) is 13.8 Å². The largest absolute Gasteiger partial charge is 0.342 e. The summed E-state index contributed by atoms with van der Waals surface area (Å²) in [6.45, 7) is 4.21.